The summed E-state index contributed by atoms with van der Waals surface area (Å²) >= 11 is 5.85. The molecule has 0 radical (unpaired) electrons. The van der Waals surface area contributed by atoms with Gasteiger partial charge in [-0.2, -0.15) is 0 Å². The van der Waals surface area contributed by atoms with E-state index < -0.39 is 15.6 Å². The maximum atomic E-state index is 12.6. The third kappa shape index (κ3) is 5.22. The molecule has 0 aliphatic rings. The van der Waals surface area contributed by atoms with Crippen LogP contribution in [0, 0.1) is 0 Å². The number of sulfonamides is 1. The number of nitrogens with zero attached hydrogens (tertiary/aromatic N) is 1. The molecule has 2 aromatic rings. The Morgan fingerprint density at radius 3 is 2.30 bits per heavy atom. The quantitative estimate of drug-likeness (QED) is 0.761. The molecule has 0 aromatic heterocycles. The lowest BCUT2D eigenvalue weighted by Crippen LogP contribution is -2.46. The number of hydrogen-bond acceptors (Lipinski definition) is 4. The van der Waals surface area contributed by atoms with E-state index in [9.17, 15) is 13.2 Å². The molecule has 0 fully saturated rings. The van der Waals surface area contributed by atoms with Crippen LogP contribution in [-0.2, 0) is 21.4 Å². The topological polar surface area (TPSA) is 75.7 Å². The lowest BCUT2D eigenvalue weighted by molar-refractivity contribution is -0.134. The van der Waals surface area contributed by atoms with E-state index in [0.717, 1.165) is 4.31 Å². The molecule has 6 nitrogen and oxygen atoms in total. The van der Waals surface area contributed by atoms with Gasteiger partial charge in [-0.05, 0) is 49.7 Å². The highest BCUT2D eigenvalue weighted by Gasteiger charge is 2.30. The number of halogens is 1. The Balaban J connectivity index is 2.12. The average molecular weight is 411 g/mol. The van der Waals surface area contributed by atoms with E-state index in [2.05, 4.69) is 5.32 Å². The first-order valence-electron chi connectivity index (χ1n) is 8.27. The molecule has 0 unspecified atom stereocenters. The number of amides is 1. The molecule has 146 valence electrons. The summed E-state index contributed by atoms with van der Waals surface area (Å²) in [7, 11) is -0.673. The fourth-order valence-electron chi connectivity index (χ4n) is 2.33. The Kier molecular flexibility index (Phi) is 6.51. The highest BCUT2D eigenvalue weighted by molar-refractivity contribution is 7.89. The number of ether oxygens (including phenoxy) is 1. The molecule has 1 N–H and O–H groups in total. The Morgan fingerprint density at radius 2 is 1.70 bits per heavy atom. The minimum absolute atomic E-state index is 0.0650. The molecule has 0 aliphatic carbocycles. The summed E-state index contributed by atoms with van der Waals surface area (Å²) in [5, 5.41) is 3.32. The number of carbonyl (C=O) groups is 1. The van der Waals surface area contributed by atoms with Gasteiger partial charge < -0.3 is 10.1 Å². The van der Waals surface area contributed by atoms with Crippen molar-refractivity contribution in [2.75, 3.05) is 14.1 Å². The van der Waals surface area contributed by atoms with E-state index in [4.69, 9.17) is 16.3 Å². The van der Waals surface area contributed by atoms with Crippen LogP contribution in [0.5, 0.6) is 5.75 Å². The molecular weight excluding hydrogens is 388 g/mol. The molecule has 0 bridgehead atoms. The van der Waals surface area contributed by atoms with Crippen LogP contribution in [0.2, 0.25) is 5.02 Å². The standard InChI is InChI=1S/C19H23ClN2O4S/c1-19(2,26-16-11-9-15(20)10-12-16)18(23)21-13-14-7-5-6-8-17(14)27(24,25)22(3)4/h5-12H,13H2,1-4H3,(H,21,23). The minimum atomic E-state index is -3.61. The number of benzene rings is 2. The molecule has 0 saturated carbocycles. The maximum Gasteiger partial charge on any atom is 0.263 e. The van der Waals surface area contributed by atoms with Crippen LogP contribution in [-0.4, -0.2) is 38.3 Å². The fourth-order valence-corrected chi connectivity index (χ4v) is 3.57. The van der Waals surface area contributed by atoms with Gasteiger partial charge in [-0.15, -0.1) is 0 Å². The molecular formula is C19H23ClN2O4S. The Hall–Kier alpha value is -2.09. The molecule has 0 heterocycles. The summed E-state index contributed by atoms with van der Waals surface area (Å²) in [6.45, 7) is 3.34. The average Bonchev–Trinajstić information content (AvgIpc) is 2.61. The van der Waals surface area contributed by atoms with Crippen molar-refractivity contribution in [3.8, 4) is 5.75 Å². The van der Waals surface area contributed by atoms with Gasteiger partial charge >= 0.3 is 0 Å². The summed E-state index contributed by atoms with van der Waals surface area (Å²) in [4.78, 5) is 12.7. The Bertz CT molecular complexity index is 910. The monoisotopic (exact) mass is 410 g/mol. The van der Waals surface area contributed by atoms with Crippen molar-refractivity contribution in [1.82, 2.24) is 9.62 Å². The van der Waals surface area contributed by atoms with E-state index >= 15 is 0 Å². The molecule has 2 aromatic carbocycles. The van der Waals surface area contributed by atoms with Crippen molar-refractivity contribution in [2.24, 2.45) is 0 Å². The van der Waals surface area contributed by atoms with Gasteiger partial charge in [0, 0.05) is 25.7 Å². The highest BCUT2D eigenvalue weighted by atomic mass is 35.5. The van der Waals surface area contributed by atoms with E-state index in [1.807, 2.05) is 0 Å². The van der Waals surface area contributed by atoms with E-state index in [0.29, 0.717) is 16.3 Å². The van der Waals surface area contributed by atoms with E-state index in [1.165, 1.54) is 20.2 Å². The van der Waals surface area contributed by atoms with Crippen LogP contribution in [0.25, 0.3) is 0 Å². The smallest absolute Gasteiger partial charge is 0.263 e. The van der Waals surface area contributed by atoms with Crippen molar-refractivity contribution < 1.29 is 17.9 Å². The Morgan fingerprint density at radius 1 is 1.11 bits per heavy atom. The molecule has 0 aliphatic heterocycles. The molecule has 8 heteroatoms. The normalized spacial score (nSPS) is 12.1. The van der Waals surface area contributed by atoms with Crippen molar-refractivity contribution >= 4 is 27.5 Å². The lowest BCUT2D eigenvalue weighted by atomic mass is 10.1. The highest BCUT2D eigenvalue weighted by Crippen LogP contribution is 2.22. The number of rotatable bonds is 7. The van der Waals surface area contributed by atoms with Gasteiger partial charge in [0.25, 0.3) is 5.91 Å². The van der Waals surface area contributed by atoms with Gasteiger partial charge in [0.1, 0.15) is 5.75 Å². The van der Waals surface area contributed by atoms with E-state index in [-0.39, 0.29) is 17.3 Å². The second-order valence-electron chi connectivity index (χ2n) is 6.64. The third-order valence-electron chi connectivity index (χ3n) is 3.90. The maximum absolute atomic E-state index is 12.6. The zero-order valence-electron chi connectivity index (χ0n) is 15.7. The molecule has 0 spiro atoms. The Labute approximate surface area is 165 Å². The van der Waals surface area contributed by atoms with Gasteiger partial charge in [-0.1, -0.05) is 29.8 Å². The van der Waals surface area contributed by atoms with Crippen molar-refractivity contribution in [1.29, 1.82) is 0 Å². The van der Waals surface area contributed by atoms with Gasteiger partial charge in [0.15, 0.2) is 5.60 Å². The largest absolute Gasteiger partial charge is 0.478 e. The minimum Gasteiger partial charge on any atom is -0.478 e. The van der Waals surface area contributed by atoms with Crippen LogP contribution in [0.15, 0.2) is 53.4 Å². The van der Waals surface area contributed by atoms with Crippen molar-refractivity contribution in [3.63, 3.8) is 0 Å². The first kappa shape index (κ1) is 21.2. The fraction of sp³-hybridized carbons (Fsp3) is 0.316. The van der Waals surface area contributed by atoms with E-state index in [1.54, 1.807) is 56.3 Å². The number of hydrogen-bond donors (Lipinski definition) is 1. The van der Waals surface area contributed by atoms with Crippen LogP contribution < -0.4 is 10.1 Å². The molecule has 2 rings (SSSR count). The summed E-state index contributed by atoms with van der Waals surface area (Å²) in [5.41, 5.74) is -0.648. The van der Waals surface area contributed by atoms with Gasteiger partial charge in [-0.25, -0.2) is 12.7 Å². The zero-order chi connectivity index (χ0) is 20.2. The molecule has 27 heavy (non-hydrogen) atoms. The lowest BCUT2D eigenvalue weighted by Gasteiger charge is -2.25. The van der Waals surface area contributed by atoms with Gasteiger partial charge in [0.2, 0.25) is 10.0 Å². The van der Waals surface area contributed by atoms with Gasteiger partial charge in [-0.3, -0.25) is 4.79 Å². The first-order valence-corrected chi connectivity index (χ1v) is 10.1. The van der Waals surface area contributed by atoms with Crippen LogP contribution in [0.4, 0.5) is 0 Å². The molecule has 1 amide bonds. The second-order valence-corrected chi connectivity index (χ2v) is 9.20. The summed E-state index contributed by atoms with van der Waals surface area (Å²) in [5.74, 6) is 0.143. The predicted molar refractivity (Wildman–Crippen MR) is 105 cm³/mol. The van der Waals surface area contributed by atoms with Crippen LogP contribution >= 0.6 is 11.6 Å². The van der Waals surface area contributed by atoms with Gasteiger partial charge in [0.05, 0.1) is 4.90 Å². The van der Waals surface area contributed by atoms with Crippen molar-refractivity contribution in [3.05, 3.63) is 59.1 Å². The number of carbonyl (C=O) groups excluding carboxylic acids is 1. The first-order chi connectivity index (χ1) is 12.5. The molecule has 0 saturated heterocycles. The molecule has 0 atom stereocenters. The predicted octanol–water partition coefficient (Wildman–Crippen LogP) is 3.06. The van der Waals surface area contributed by atoms with Crippen LogP contribution in [0.3, 0.4) is 0 Å². The summed E-state index contributed by atoms with van der Waals surface area (Å²) < 4.78 is 31.8. The third-order valence-corrected chi connectivity index (χ3v) is 6.07. The van der Waals surface area contributed by atoms with Crippen LogP contribution in [0.1, 0.15) is 19.4 Å². The second kappa shape index (κ2) is 8.29. The SMILES string of the molecule is CN(C)S(=O)(=O)c1ccccc1CNC(=O)C(C)(C)Oc1ccc(Cl)cc1. The summed E-state index contributed by atoms with van der Waals surface area (Å²) in [6, 6.07) is 13.3. The zero-order valence-corrected chi connectivity index (χ0v) is 17.3. The summed E-state index contributed by atoms with van der Waals surface area (Å²) in [6.07, 6.45) is 0. The van der Waals surface area contributed by atoms with Crippen molar-refractivity contribution in [2.45, 2.75) is 30.9 Å². The number of nitrogens with one attached hydrogen (secondary N) is 1.